The maximum absolute atomic E-state index is 12.4. The van der Waals surface area contributed by atoms with Gasteiger partial charge in [-0.25, -0.2) is 17.4 Å². The summed E-state index contributed by atoms with van der Waals surface area (Å²) in [4.78, 5) is 12.4. The van der Waals surface area contributed by atoms with E-state index in [4.69, 9.17) is 0 Å². The summed E-state index contributed by atoms with van der Waals surface area (Å²) in [5.41, 5.74) is 1.24. The molecule has 1 aromatic heterocycles. The zero-order chi connectivity index (χ0) is 17.9. The second kappa shape index (κ2) is 7.28. The summed E-state index contributed by atoms with van der Waals surface area (Å²) in [5.74, 6) is 0.116. The third-order valence-electron chi connectivity index (χ3n) is 4.32. The van der Waals surface area contributed by atoms with Crippen molar-refractivity contribution in [3.63, 3.8) is 0 Å². The highest BCUT2D eigenvalue weighted by molar-refractivity contribution is 7.88. The van der Waals surface area contributed by atoms with Crippen LogP contribution in [0, 0.1) is 5.92 Å². The Morgan fingerprint density at radius 1 is 1.32 bits per heavy atom. The van der Waals surface area contributed by atoms with Crippen LogP contribution in [0.4, 0.5) is 0 Å². The van der Waals surface area contributed by atoms with Crippen LogP contribution in [0.3, 0.4) is 0 Å². The van der Waals surface area contributed by atoms with Crippen LogP contribution in [-0.4, -0.2) is 64.7 Å². The molecule has 1 saturated heterocycles. The predicted octanol–water partition coefficient (Wildman–Crippen LogP) is 0.0637. The second-order valence-electron chi connectivity index (χ2n) is 6.12. The molecule has 2 heterocycles. The molecule has 0 spiro atoms. The van der Waals surface area contributed by atoms with Crippen molar-refractivity contribution in [2.24, 2.45) is 5.92 Å². The number of amides is 1. The van der Waals surface area contributed by atoms with Gasteiger partial charge in [0.1, 0.15) is 6.33 Å². The zero-order valence-electron chi connectivity index (χ0n) is 13.9. The molecule has 0 unspecified atom stereocenters. The van der Waals surface area contributed by atoms with Crippen LogP contribution in [0.5, 0.6) is 0 Å². The molecule has 9 nitrogen and oxygen atoms in total. The fourth-order valence-electron chi connectivity index (χ4n) is 2.85. The van der Waals surface area contributed by atoms with E-state index in [9.17, 15) is 13.2 Å². The number of nitrogens with zero attached hydrogens (tertiary/aromatic N) is 5. The number of carbonyl (C=O) groups is 1. The molecular formula is C15H20N6O3S. The highest BCUT2D eigenvalue weighted by atomic mass is 32.2. The first-order chi connectivity index (χ1) is 11.9. The number of tetrazole rings is 1. The first kappa shape index (κ1) is 17.5. The second-order valence-corrected chi connectivity index (χ2v) is 8.10. The van der Waals surface area contributed by atoms with E-state index in [1.165, 1.54) is 21.6 Å². The number of nitrogens with one attached hydrogen (secondary N) is 1. The number of rotatable bonds is 5. The van der Waals surface area contributed by atoms with Gasteiger partial charge in [0.15, 0.2) is 0 Å². The Kier molecular flexibility index (Phi) is 5.09. The van der Waals surface area contributed by atoms with E-state index in [2.05, 4.69) is 20.8 Å². The van der Waals surface area contributed by atoms with Crippen molar-refractivity contribution in [1.29, 1.82) is 0 Å². The molecule has 1 amide bonds. The maximum atomic E-state index is 12.4. The predicted molar refractivity (Wildman–Crippen MR) is 90.6 cm³/mol. The van der Waals surface area contributed by atoms with Gasteiger partial charge in [-0.2, -0.15) is 0 Å². The normalized spacial score (nSPS) is 16.7. The minimum absolute atomic E-state index is 0.166. The van der Waals surface area contributed by atoms with E-state index in [1.807, 2.05) is 6.07 Å². The molecule has 10 heteroatoms. The molecule has 0 saturated carbocycles. The Balaban J connectivity index is 1.54. The van der Waals surface area contributed by atoms with Crippen molar-refractivity contribution in [2.45, 2.75) is 12.8 Å². The Labute approximate surface area is 146 Å². The molecule has 0 bridgehead atoms. The summed E-state index contributed by atoms with van der Waals surface area (Å²) >= 11 is 0. The number of carbonyl (C=O) groups excluding carboxylic acids is 1. The van der Waals surface area contributed by atoms with Gasteiger partial charge in [0.2, 0.25) is 10.0 Å². The van der Waals surface area contributed by atoms with Gasteiger partial charge < -0.3 is 5.32 Å². The summed E-state index contributed by atoms with van der Waals surface area (Å²) < 4.78 is 26.0. The summed E-state index contributed by atoms with van der Waals surface area (Å²) in [5, 5.41) is 13.9. The van der Waals surface area contributed by atoms with E-state index < -0.39 is 10.0 Å². The number of hydrogen-bond donors (Lipinski definition) is 1. The van der Waals surface area contributed by atoms with Crippen LogP contribution in [0.25, 0.3) is 5.69 Å². The molecule has 0 atom stereocenters. The van der Waals surface area contributed by atoms with Crippen molar-refractivity contribution in [1.82, 2.24) is 29.8 Å². The molecule has 134 valence electrons. The van der Waals surface area contributed by atoms with Gasteiger partial charge in [0.25, 0.3) is 5.91 Å². The summed E-state index contributed by atoms with van der Waals surface area (Å²) in [6.07, 6.45) is 4.19. The number of aromatic nitrogens is 4. The largest absolute Gasteiger partial charge is 0.352 e. The van der Waals surface area contributed by atoms with E-state index in [0.717, 1.165) is 12.8 Å². The molecular weight excluding hydrogens is 344 g/mol. The first-order valence-electron chi connectivity index (χ1n) is 8.00. The van der Waals surface area contributed by atoms with Crippen molar-refractivity contribution in [2.75, 3.05) is 25.9 Å². The van der Waals surface area contributed by atoms with E-state index in [1.54, 1.807) is 18.2 Å². The van der Waals surface area contributed by atoms with Crippen molar-refractivity contribution in [3.05, 3.63) is 36.2 Å². The maximum Gasteiger partial charge on any atom is 0.251 e. The van der Waals surface area contributed by atoms with Crippen molar-refractivity contribution >= 4 is 15.9 Å². The Bertz CT molecular complexity index is 829. The average molecular weight is 364 g/mol. The molecule has 2 aromatic rings. The van der Waals surface area contributed by atoms with E-state index in [-0.39, 0.29) is 11.8 Å². The SMILES string of the molecule is CS(=O)(=O)N1CCC(CNC(=O)c2cccc(-n3cnnn3)c2)CC1. The average Bonchev–Trinajstić information content (AvgIpc) is 3.14. The monoisotopic (exact) mass is 364 g/mol. The van der Waals surface area contributed by atoms with Crippen LogP contribution in [0.1, 0.15) is 23.2 Å². The van der Waals surface area contributed by atoms with Gasteiger partial charge in [-0.1, -0.05) is 6.07 Å². The van der Waals surface area contributed by atoms with Gasteiger partial charge in [-0.05, 0) is 47.4 Å². The third kappa shape index (κ3) is 4.40. The Hall–Kier alpha value is -2.33. The van der Waals surface area contributed by atoms with Crippen molar-refractivity contribution < 1.29 is 13.2 Å². The first-order valence-corrected chi connectivity index (χ1v) is 9.85. The topological polar surface area (TPSA) is 110 Å². The lowest BCUT2D eigenvalue weighted by Crippen LogP contribution is -2.41. The quantitative estimate of drug-likeness (QED) is 0.803. The standard InChI is InChI=1S/C15H20N6O3S/c1-25(23,24)20-7-5-12(6-8-20)10-16-15(22)13-3-2-4-14(9-13)21-11-17-18-19-21/h2-4,9,11-12H,5-8,10H2,1H3,(H,16,22). The summed E-state index contributed by atoms with van der Waals surface area (Å²) in [7, 11) is -3.12. The van der Waals surface area contributed by atoms with Gasteiger partial charge >= 0.3 is 0 Å². The van der Waals surface area contributed by atoms with Crippen LogP contribution >= 0.6 is 0 Å². The molecule has 1 aliphatic rings. The van der Waals surface area contributed by atoms with Crippen LogP contribution in [0.2, 0.25) is 0 Å². The van der Waals surface area contributed by atoms with Gasteiger partial charge in [0, 0.05) is 25.2 Å². The molecule has 25 heavy (non-hydrogen) atoms. The number of hydrogen-bond acceptors (Lipinski definition) is 6. The highest BCUT2D eigenvalue weighted by Gasteiger charge is 2.25. The lowest BCUT2D eigenvalue weighted by molar-refractivity contribution is 0.0941. The van der Waals surface area contributed by atoms with Gasteiger partial charge in [0.05, 0.1) is 11.9 Å². The van der Waals surface area contributed by atoms with Crippen molar-refractivity contribution in [3.8, 4) is 5.69 Å². The minimum atomic E-state index is -3.12. The smallest absolute Gasteiger partial charge is 0.251 e. The minimum Gasteiger partial charge on any atom is -0.352 e. The Morgan fingerprint density at radius 2 is 2.08 bits per heavy atom. The fraction of sp³-hybridized carbons (Fsp3) is 0.467. The third-order valence-corrected chi connectivity index (χ3v) is 5.62. The van der Waals surface area contributed by atoms with E-state index in [0.29, 0.717) is 30.9 Å². The number of sulfonamides is 1. The van der Waals surface area contributed by atoms with E-state index >= 15 is 0 Å². The van der Waals surface area contributed by atoms with Crippen LogP contribution in [0.15, 0.2) is 30.6 Å². The lowest BCUT2D eigenvalue weighted by Gasteiger charge is -2.30. The van der Waals surface area contributed by atoms with Crippen LogP contribution < -0.4 is 5.32 Å². The number of piperidine rings is 1. The van der Waals surface area contributed by atoms with Crippen LogP contribution in [-0.2, 0) is 10.0 Å². The fourth-order valence-corrected chi connectivity index (χ4v) is 3.73. The highest BCUT2D eigenvalue weighted by Crippen LogP contribution is 2.18. The molecule has 1 N–H and O–H groups in total. The number of benzene rings is 1. The molecule has 1 aromatic carbocycles. The summed E-state index contributed by atoms with van der Waals surface area (Å²) in [6, 6.07) is 7.04. The molecule has 1 fully saturated rings. The lowest BCUT2D eigenvalue weighted by atomic mass is 9.98. The Morgan fingerprint density at radius 3 is 2.72 bits per heavy atom. The molecule has 0 aliphatic carbocycles. The van der Waals surface area contributed by atoms with Gasteiger partial charge in [-0.3, -0.25) is 4.79 Å². The zero-order valence-corrected chi connectivity index (χ0v) is 14.7. The molecule has 1 aliphatic heterocycles. The summed E-state index contributed by atoms with van der Waals surface area (Å²) in [6.45, 7) is 1.55. The molecule has 0 radical (unpaired) electrons. The molecule has 3 rings (SSSR count). The van der Waals surface area contributed by atoms with Gasteiger partial charge in [-0.15, -0.1) is 5.10 Å².